The maximum Gasteiger partial charge on any atom is 0.246 e. The van der Waals surface area contributed by atoms with E-state index in [-0.39, 0.29) is 34.9 Å². The SMILES string of the molecule is Cc1noc(C)c1S(=O)(=O)NCC(=O)N(C)CCC1CCCCO1. The summed E-state index contributed by atoms with van der Waals surface area (Å²) in [5.41, 5.74) is 0.273. The van der Waals surface area contributed by atoms with Crippen LogP contribution in [0.5, 0.6) is 0 Å². The van der Waals surface area contributed by atoms with Crippen LogP contribution >= 0.6 is 0 Å². The van der Waals surface area contributed by atoms with E-state index in [9.17, 15) is 13.2 Å². The Morgan fingerprint density at radius 2 is 2.12 bits per heavy atom. The van der Waals surface area contributed by atoms with Crippen molar-refractivity contribution in [3.05, 3.63) is 11.5 Å². The van der Waals surface area contributed by atoms with Gasteiger partial charge in [-0.05, 0) is 39.5 Å². The van der Waals surface area contributed by atoms with Crippen molar-refractivity contribution in [1.29, 1.82) is 0 Å². The third-order valence-corrected chi connectivity index (χ3v) is 5.78. The average Bonchev–Trinajstić information content (AvgIpc) is 2.90. The summed E-state index contributed by atoms with van der Waals surface area (Å²) in [6, 6.07) is 0. The monoisotopic (exact) mass is 359 g/mol. The number of ether oxygens (including phenoxy) is 1. The summed E-state index contributed by atoms with van der Waals surface area (Å²) in [7, 11) is -2.16. The van der Waals surface area contributed by atoms with Gasteiger partial charge in [0.15, 0.2) is 5.76 Å². The van der Waals surface area contributed by atoms with Gasteiger partial charge in [-0.1, -0.05) is 5.16 Å². The van der Waals surface area contributed by atoms with Crippen LogP contribution in [-0.4, -0.2) is 57.2 Å². The zero-order chi connectivity index (χ0) is 17.7. The summed E-state index contributed by atoms with van der Waals surface area (Å²) in [4.78, 5) is 13.6. The first-order chi connectivity index (χ1) is 11.3. The summed E-state index contributed by atoms with van der Waals surface area (Å²) in [6.45, 7) is 4.08. The Labute approximate surface area is 142 Å². The summed E-state index contributed by atoms with van der Waals surface area (Å²) < 4.78 is 37.3. The van der Waals surface area contributed by atoms with Crippen molar-refractivity contribution in [2.24, 2.45) is 0 Å². The van der Waals surface area contributed by atoms with Gasteiger partial charge in [0.1, 0.15) is 10.6 Å². The van der Waals surface area contributed by atoms with E-state index in [1.54, 1.807) is 14.0 Å². The summed E-state index contributed by atoms with van der Waals surface area (Å²) in [5.74, 6) is -0.0867. The summed E-state index contributed by atoms with van der Waals surface area (Å²) in [5, 5.41) is 3.62. The highest BCUT2D eigenvalue weighted by atomic mass is 32.2. The molecule has 136 valence electrons. The third kappa shape index (κ3) is 4.78. The Hall–Kier alpha value is -1.45. The maximum atomic E-state index is 12.3. The molecule has 0 bridgehead atoms. The molecule has 0 radical (unpaired) electrons. The van der Waals surface area contributed by atoms with E-state index >= 15 is 0 Å². The Balaban J connectivity index is 1.83. The zero-order valence-electron chi connectivity index (χ0n) is 14.4. The smallest absolute Gasteiger partial charge is 0.246 e. The number of carbonyl (C=O) groups is 1. The molecule has 1 aromatic rings. The van der Waals surface area contributed by atoms with E-state index in [1.165, 1.54) is 11.8 Å². The summed E-state index contributed by atoms with van der Waals surface area (Å²) >= 11 is 0. The van der Waals surface area contributed by atoms with Crippen LogP contribution in [0.3, 0.4) is 0 Å². The minimum atomic E-state index is -3.82. The number of nitrogens with one attached hydrogen (secondary N) is 1. The predicted molar refractivity (Wildman–Crippen MR) is 87.0 cm³/mol. The first kappa shape index (κ1) is 18.9. The second-order valence-electron chi connectivity index (χ2n) is 6.07. The molecular weight excluding hydrogens is 334 g/mol. The van der Waals surface area contributed by atoms with Gasteiger partial charge in [0.2, 0.25) is 15.9 Å². The fraction of sp³-hybridized carbons (Fsp3) is 0.733. The van der Waals surface area contributed by atoms with E-state index in [0.717, 1.165) is 32.3 Å². The molecule has 1 aliphatic heterocycles. The highest BCUT2D eigenvalue weighted by Crippen LogP contribution is 2.18. The molecule has 1 unspecified atom stereocenters. The quantitative estimate of drug-likeness (QED) is 0.779. The molecule has 1 atom stereocenters. The molecule has 24 heavy (non-hydrogen) atoms. The summed E-state index contributed by atoms with van der Waals surface area (Å²) in [6.07, 6.45) is 4.21. The number of aryl methyl sites for hydroxylation is 2. The number of likely N-dealkylation sites (N-methyl/N-ethyl adjacent to an activating group) is 1. The van der Waals surface area contributed by atoms with Crippen LogP contribution in [-0.2, 0) is 19.6 Å². The lowest BCUT2D eigenvalue weighted by molar-refractivity contribution is -0.129. The van der Waals surface area contributed by atoms with E-state index in [0.29, 0.717) is 6.54 Å². The van der Waals surface area contributed by atoms with Gasteiger partial charge in [0, 0.05) is 20.2 Å². The lowest BCUT2D eigenvalue weighted by atomic mass is 10.1. The first-order valence-corrected chi connectivity index (χ1v) is 9.57. The molecule has 0 spiro atoms. The van der Waals surface area contributed by atoms with Gasteiger partial charge in [0.25, 0.3) is 0 Å². The van der Waals surface area contributed by atoms with Crippen molar-refractivity contribution >= 4 is 15.9 Å². The van der Waals surface area contributed by atoms with E-state index < -0.39 is 10.0 Å². The van der Waals surface area contributed by atoms with Gasteiger partial charge in [-0.3, -0.25) is 4.79 Å². The Morgan fingerprint density at radius 3 is 2.71 bits per heavy atom. The van der Waals surface area contributed by atoms with Crippen LogP contribution in [0.1, 0.15) is 37.1 Å². The molecule has 2 heterocycles. The molecule has 1 saturated heterocycles. The molecule has 2 rings (SSSR count). The maximum absolute atomic E-state index is 12.3. The highest BCUT2D eigenvalue weighted by Gasteiger charge is 2.25. The fourth-order valence-corrected chi connectivity index (χ4v) is 4.02. The molecule has 8 nitrogen and oxygen atoms in total. The number of amides is 1. The number of carbonyl (C=O) groups excluding carboxylic acids is 1. The second kappa shape index (κ2) is 8.09. The van der Waals surface area contributed by atoms with Crippen LogP contribution in [0.15, 0.2) is 9.42 Å². The van der Waals surface area contributed by atoms with Crippen molar-refractivity contribution in [2.75, 3.05) is 26.7 Å². The lowest BCUT2D eigenvalue weighted by Gasteiger charge is -2.25. The molecule has 1 aromatic heterocycles. The number of sulfonamides is 1. The first-order valence-electron chi connectivity index (χ1n) is 8.09. The highest BCUT2D eigenvalue weighted by molar-refractivity contribution is 7.89. The van der Waals surface area contributed by atoms with Gasteiger partial charge in [-0.25, -0.2) is 13.1 Å². The Bertz CT molecular complexity index is 645. The van der Waals surface area contributed by atoms with E-state index in [2.05, 4.69) is 9.88 Å². The van der Waals surface area contributed by atoms with Crippen molar-refractivity contribution in [3.8, 4) is 0 Å². The van der Waals surface area contributed by atoms with Gasteiger partial charge in [0.05, 0.1) is 12.6 Å². The van der Waals surface area contributed by atoms with E-state index in [4.69, 9.17) is 9.26 Å². The van der Waals surface area contributed by atoms with Gasteiger partial charge >= 0.3 is 0 Å². The standard InChI is InChI=1S/C15H25N3O5S/c1-11-15(12(2)23-17-11)24(20,21)16-10-14(19)18(3)8-7-13-6-4-5-9-22-13/h13,16H,4-10H2,1-3H3. The predicted octanol–water partition coefficient (Wildman–Crippen LogP) is 0.987. The van der Waals surface area contributed by atoms with Crippen molar-refractivity contribution in [3.63, 3.8) is 0 Å². The number of nitrogens with zero attached hydrogens (tertiary/aromatic N) is 2. The van der Waals surface area contributed by atoms with Crippen LogP contribution in [0.4, 0.5) is 0 Å². The van der Waals surface area contributed by atoms with Crippen LogP contribution in [0.2, 0.25) is 0 Å². The van der Waals surface area contributed by atoms with Crippen LogP contribution in [0, 0.1) is 13.8 Å². The molecular formula is C15H25N3O5S. The molecule has 0 saturated carbocycles. The molecule has 1 amide bonds. The van der Waals surface area contributed by atoms with Crippen LogP contribution in [0.25, 0.3) is 0 Å². The van der Waals surface area contributed by atoms with E-state index in [1.807, 2.05) is 0 Å². The van der Waals surface area contributed by atoms with Crippen LogP contribution < -0.4 is 4.72 Å². The molecule has 1 N–H and O–H groups in total. The van der Waals surface area contributed by atoms with Gasteiger partial charge in [-0.2, -0.15) is 0 Å². The van der Waals surface area contributed by atoms with Crippen molar-refractivity contribution in [2.45, 2.75) is 50.5 Å². The third-order valence-electron chi connectivity index (χ3n) is 4.14. The fourth-order valence-electron chi connectivity index (χ4n) is 2.72. The number of hydrogen-bond acceptors (Lipinski definition) is 6. The normalized spacial score (nSPS) is 18.5. The Morgan fingerprint density at radius 1 is 1.38 bits per heavy atom. The lowest BCUT2D eigenvalue weighted by Crippen LogP contribution is -2.39. The number of rotatable bonds is 7. The zero-order valence-corrected chi connectivity index (χ0v) is 15.2. The van der Waals surface area contributed by atoms with Gasteiger partial charge in [-0.15, -0.1) is 0 Å². The molecule has 0 aliphatic carbocycles. The molecule has 1 aliphatic rings. The Kier molecular flexibility index (Phi) is 6.36. The topological polar surface area (TPSA) is 102 Å². The largest absolute Gasteiger partial charge is 0.378 e. The van der Waals surface area contributed by atoms with Crippen molar-refractivity contribution in [1.82, 2.24) is 14.8 Å². The molecule has 1 fully saturated rings. The second-order valence-corrected chi connectivity index (χ2v) is 7.77. The molecule has 9 heteroatoms. The number of hydrogen-bond donors (Lipinski definition) is 1. The average molecular weight is 359 g/mol. The molecule has 0 aromatic carbocycles. The van der Waals surface area contributed by atoms with Crippen molar-refractivity contribution < 1.29 is 22.5 Å². The van der Waals surface area contributed by atoms with Gasteiger partial charge < -0.3 is 14.2 Å². The minimum absolute atomic E-state index is 0.00596. The number of aromatic nitrogens is 1. The minimum Gasteiger partial charge on any atom is -0.378 e.